The van der Waals surface area contributed by atoms with Crippen LogP contribution in [0.1, 0.15) is 38.3 Å². The van der Waals surface area contributed by atoms with Gasteiger partial charge in [0.15, 0.2) is 10.9 Å². The minimum atomic E-state index is -0.591. The van der Waals surface area contributed by atoms with Gasteiger partial charge < -0.3 is 14.5 Å². The molecule has 2 N–H and O–H groups in total. The number of rotatable bonds is 5. The fourth-order valence-electron chi connectivity index (χ4n) is 2.69. The Morgan fingerprint density at radius 1 is 1.25 bits per heavy atom. The summed E-state index contributed by atoms with van der Waals surface area (Å²) in [6.45, 7) is 3.54. The van der Waals surface area contributed by atoms with Crippen LogP contribution in [0.3, 0.4) is 0 Å². The maximum Gasteiger partial charge on any atom is 0.348 e. The number of amides is 1. The SMILES string of the molecule is CCOC(=O)c1sc(NC(=S)NC(=O)c2ccc(-c3ccc(Cl)c(Cl)c3)o2)c(C#N)c1C. The van der Waals surface area contributed by atoms with Gasteiger partial charge in [-0.15, -0.1) is 11.3 Å². The number of esters is 1. The lowest BCUT2D eigenvalue weighted by atomic mass is 10.2. The number of nitriles is 1. The van der Waals surface area contributed by atoms with Gasteiger partial charge in [0.2, 0.25) is 0 Å². The van der Waals surface area contributed by atoms with Crippen LogP contribution in [-0.4, -0.2) is 23.6 Å². The van der Waals surface area contributed by atoms with Crippen molar-refractivity contribution in [1.29, 1.82) is 5.26 Å². The molecule has 11 heteroatoms. The first-order valence-electron chi connectivity index (χ1n) is 9.13. The van der Waals surface area contributed by atoms with Crippen LogP contribution in [0.15, 0.2) is 34.7 Å². The third kappa shape index (κ3) is 5.11. The van der Waals surface area contributed by atoms with E-state index in [9.17, 15) is 14.9 Å². The van der Waals surface area contributed by atoms with Crippen LogP contribution in [0, 0.1) is 18.3 Å². The molecule has 0 aliphatic rings. The molecule has 0 fully saturated rings. The van der Waals surface area contributed by atoms with E-state index < -0.39 is 11.9 Å². The molecule has 0 aliphatic heterocycles. The predicted octanol–water partition coefficient (Wildman–Crippen LogP) is 5.80. The number of furan rings is 1. The average Bonchev–Trinajstić information content (AvgIpc) is 3.35. The molecular weight excluding hydrogens is 493 g/mol. The van der Waals surface area contributed by atoms with Crippen molar-refractivity contribution < 1.29 is 18.7 Å². The monoisotopic (exact) mass is 507 g/mol. The van der Waals surface area contributed by atoms with E-state index in [0.717, 1.165) is 11.3 Å². The van der Waals surface area contributed by atoms with Gasteiger partial charge in [0.05, 0.1) is 22.2 Å². The fraction of sp³-hybridized carbons (Fsp3) is 0.143. The van der Waals surface area contributed by atoms with Crippen molar-refractivity contribution in [2.24, 2.45) is 0 Å². The molecule has 2 heterocycles. The van der Waals surface area contributed by atoms with Gasteiger partial charge in [-0.1, -0.05) is 23.2 Å². The van der Waals surface area contributed by atoms with Crippen LogP contribution in [0.4, 0.5) is 5.00 Å². The van der Waals surface area contributed by atoms with E-state index in [1.54, 1.807) is 38.1 Å². The molecule has 0 atom stereocenters. The Kier molecular flexibility index (Phi) is 7.53. The number of carbonyl (C=O) groups is 2. The number of thiophene rings is 1. The van der Waals surface area contributed by atoms with Gasteiger partial charge in [-0.25, -0.2) is 4.79 Å². The zero-order valence-corrected chi connectivity index (χ0v) is 19.9. The first-order chi connectivity index (χ1) is 15.2. The van der Waals surface area contributed by atoms with Gasteiger partial charge in [-0.2, -0.15) is 5.26 Å². The molecule has 7 nitrogen and oxygen atoms in total. The van der Waals surface area contributed by atoms with E-state index in [0.29, 0.717) is 31.9 Å². The second-order valence-corrected chi connectivity index (χ2v) is 8.54. The van der Waals surface area contributed by atoms with Crippen LogP contribution in [-0.2, 0) is 4.74 Å². The molecule has 32 heavy (non-hydrogen) atoms. The highest BCUT2D eigenvalue weighted by molar-refractivity contribution is 7.80. The van der Waals surface area contributed by atoms with Gasteiger partial charge in [0, 0.05) is 5.56 Å². The Bertz CT molecular complexity index is 1260. The number of carbonyl (C=O) groups excluding carboxylic acids is 2. The Hall–Kier alpha value is -2.90. The van der Waals surface area contributed by atoms with E-state index in [4.69, 9.17) is 44.6 Å². The molecule has 164 valence electrons. The summed E-state index contributed by atoms with van der Waals surface area (Å²) in [6.07, 6.45) is 0. The third-order valence-electron chi connectivity index (χ3n) is 4.21. The summed E-state index contributed by atoms with van der Waals surface area (Å²) in [5, 5.41) is 15.8. The van der Waals surface area contributed by atoms with E-state index >= 15 is 0 Å². The van der Waals surface area contributed by atoms with Crippen molar-refractivity contribution in [2.45, 2.75) is 13.8 Å². The molecular formula is C21H15Cl2N3O4S2. The highest BCUT2D eigenvalue weighted by Crippen LogP contribution is 2.33. The Balaban J connectivity index is 1.72. The Morgan fingerprint density at radius 3 is 2.66 bits per heavy atom. The lowest BCUT2D eigenvalue weighted by molar-refractivity contribution is 0.0531. The number of nitrogens with one attached hydrogen (secondary N) is 2. The van der Waals surface area contributed by atoms with Gasteiger partial charge >= 0.3 is 5.97 Å². The second kappa shape index (κ2) is 10.1. The normalized spacial score (nSPS) is 10.3. The van der Waals surface area contributed by atoms with Crippen molar-refractivity contribution >= 4 is 68.7 Å². The Morgan fingerprint density at radius 2 is 2.00 bits per heavy atom. The maximum absolute atomic E-state index is 12.5. The summed E-state index contributed by atoms with van der Waals surface area (Å²) < 4.78 is 10.6. The summed E-state index contributed by atoms with van der Waals surface area (Å²) in [5.74, 6) is -0.677. The summed E-state index contributed by atoms with van der Waals surface area (Å²) in [4.78, 5) is 24.9. The number of hydrogen-bond donors (Lipinski definition) is 2. The summed E-state index contributed by atoms with van der Waals surface area (Å²) in [5.41, 5.74) is 1.37. The van der Waals surface area contributed by atoms with Crippen molar-refractivity contribution in [1.82, 2.24) is 5.32 Å². The fourth-order valence-corrected chi connectivity index (χ4v) is 4.30. The number of nitrogens with zero attached hydrogens (tertiary/aromatic N) is 1. The molecule has 1 amide bonds. The van der Waals surface area contributed by atoms with Gasteiger partial charge in [-0.3, -0.25) is 10.1 Å². The highest BCUT2D eigenvalue weighted by Gasteiger charge is 2.22. The number of anilines is 1. The van der Waals surface area contributed by atoms with Gasteiger partial charge in [0.1, 0.15) is 21.7 Å². The van der Waals surface area contributed by atoms with Crippen molar-refractivity contribution in [3.05, 3.63) is 62.1 Å². The molecule has 0 aliphatic carbocycles. The number of halogens is 2. The minimum Gasteiger partial charge on any atom is -0.462 e. The largest absolute Gasteiger partial charge is 0.462 e. The van der Waals surface area contributed by atoms with Crippen LogP contribution in [0.5, 0.6) is 0 Å². The van der Waals surface area contributed by atoms with Crippen molar-refractivity contribution in [3.8, 4) is 17.4 Å². The topological polar surface area (TPSA) is 104 Å². The molecule has 0 unspecified atom stereocenters. The second-order valence-electron chi connectivity index (χ2n) is 6.29. The minimum absolute atomic E-state index is 0.0188. The summed E-state index contributed by atoms with van der Waals surface area (Å²) >= 11 is 18.2. The molecule has 0 bridgehead atoms. The molecule has 0 spiro atoms. The molecule has 3 rings (SSSR count). The molecule has 2 aromatic heterocycles. The third-order valence-corrected chi connectivity index (χ3v) is 6.34. The molecule has 1 aromatic carbocycles. The molecule has 0 saturated carbocycles. The summed E-state index contributed by atoms with van der Waals surface area (Å²) in [7, 11) is 0. The Labute approximate surface area is 202 Å². The number of ether oxygens (including phenoxy) is 1. The van der Waals surface area contributed by atoms with Gasteiger partial charge in [0.25, 0.3) is 5.91 Å². The van der Waals surface area contributed by atoms with Crippen molar-refractivity contribution in [2.75, 3.05) is 11.9 Å². The lowest BCUT2D eigenvalue weighted by Gasteiger charge is -2.07. The standard InChI is InChI=1S/C21H15Cl2N3O4S2/c1-3-29-20(28)17-10(2)12(9-24)19(32-17)26-21(31)25-18(27)16-7-6-15(30-16)11-4-5-13(22)14(23)8-11/h4-8H,3H2,1-2H3,(H2,25,26,27,31). The van der Waals surface area contributed by atoms with Crippen LogP contribution < -0.4 is 10.6 Å². The molecule has 3 aromatic rings. The van der Waals surface area contributed by atoms with Gasteiger partial charge in [-0.05, 0) is 62.0 Å². The smallest absolute Gasteiger partial charge is 0.348 e. The zero-order chi connectivity index (χ0) is 23.4. The van der Waals surface area contributed by atoms with Crippen LogP contribution in [0.25, 0.3) is 11.3 Å². The van der Waals surface area contributed by atoms with E-state index in [-0.39, 0.29) is 27.9 Å². The highest BCUT2D eigenvalue weighted by atomic mass is 35.5. The quantitative estimate of drug-likeness (QED) is 0.332. The number of thiocarbonyl (C=S) groups is 1. The predicted molar refractivity (Wildman–Crippen MR) is 128 cm³/mol. The van der Waals surface area contributed by atoms with Crippen LogP contribution >= 0.6 is 46.8 Å². The first-order valence-corrected chi connectivity index (χ1v) is 11.1. The number of hydrogen-bond acceptors (Lipinski definition) is 7. The zero-order valence-electron chi connectivity index (χ0n) is 16.7. The van der Waals surface area contributed by atoms with Crippen LogP contribution in [0.2, 0.25) is 10.0 Å². The molecule has 0 radical (unpaired) electrons. The van der Waals surface area contributed by atoms with Crippen molar-refractivity contribution in [3.63, 3.8) is 0 Å². The van der Waals surface area contributed by atoms with E-state index in [1.165, 1.54) is 6.07 Å². The first kappa shape index (κ1) is 23.8. The van der Waals surface area contributed by atoms with E-state index in [2.05, 4.69) is 10.6 Å². The molecule has 0 saturated heterocycles. The summed E-state index contributed by atoms with van der Waals surface area (Å²) in [6, 6.07) is 10.1. The maximum atomic E-state index is 12.5. The number of benzene rings is 1. The lowest BCUT2D eigenvalue weighted by Crippen LogP contribution is -2.33. The van der Waals surface area contributed by atoms with E-state index in [1.807, 2.05) is 6.07 Å². The average molecular weight is 508 g/mol.